The Hall–Kier alpha value is -1.62. The minimum atomic E-state index is -4.46. The highest BCUT2D eigenvalue weighted by Gasteiger charge is 2.73. The lowest BCUT2D eigenvalue weighted by Crippen LogP contribution is -2.67. The van der Waals surface area contributed by atoms with Crippen molar-refractivity contribution in [3.8, 4) is 0 Å². The molecular formula is C38H51F3O2. The van der Waals surface area contributed by atoms with Gasteiger partial charge in [0.1, 0.15) is 0 Å². The highest BCUT2D eigenvalue weighted by Crippen LogP contribution is 2.78. The summed E-state index contributed by atoms with van der Waals surface area (Å²) < 4.78 is 48.6. The Labute approximate surface area is 256 Å². The van der Waals surface area contributed by atoms with Crippen LogP contribution in [0, 0.1) is 56.2 Å². The molecule has 236 valence electrons. The molecule has 0 radical (unpaired) electrons. The summed E-state index contributed by atoms with van der Waals surface area (Å²) >= 11 is 0. The summed E-state index contributed by atoms with van der Waals surface area (Å²) in [5, 5.41) is 0. The van der Waals surface area contributed by atoms with Crippen molar-refractivity contribution in [2.45, 2.75) is 119 Å². The molecule has 2 bridgehead atoms. The van der Waals surface area contributed by atoms with Gasteiger partial charge in [-0.3, -0.25) is 4.79 Å². The van der Waals surface area contributed by atoms with Crippen molar-refractivity contribution >= 4 is 11.9 Å². The summed E-state index contributed by atoms with van der Waals surface area (Å²) in [6.45, 7) is 17.5. The largest absolute Gasteiger partial charge is 0.416 e. The Kier molecular flexibility index (Phi) is 6.30. The monoisotopic (exact) mass is 596 g/mol. The van der Waals surface area contributed by atoms with E-state index in [4.69, 9.17) is 4.74 Å². The molecule has 0 N–H and O–H groups in total. The molecule has 1 heterocycles. The number of halogens is 3. The highest BCUT2D eigenvalue weighted by atomic mass is 19.4. The second-order valence-corrected chi connectivity index (χ2v) is 17.8. The van der Waals surface area contributed by atoms with E-state index in [9.17, 15) is 18.0 Å². The molecule has 6 fully saturated rings. The summed E-state index contributed by atoms with van der Waals surface area (Å²) in [6, 6.07) is 5.72. The number of ketones is 1. The Morgan fingerprint density at radius 1 is 0.837 bits per heavy atom. The fraction of sp³-hybridized carbons (Fsp3) is 0.763. The molecule has 0 amide bonds. The number of alkyl halides is 3. The van der Waals surface area contributed by atoms with Gasteiger partial charge in [-0.1, -0.05) is 66.7 Å². The Morgan fingerprint density at radius 3 is 2.26 bits per heavy atom. The SMILES string of the molecule is CC1(C)CC[C@]23CC[C@]4(C)[C@H](CC[C@@H]5[C@@]6(C)C/C(=C\c7ccccc7C(F)(F)F)C(=O)C(C)(C)[C@H]6CC[C@]54C)[C@@H]2[C@H]1OC3. The van der Waals surface area contributed by atoms with Gasteiger partial charge in [-0.05, 0) is 132 Å². The molecule has 5 heteroatoms. The van der Waals surface area contributed by atoms with Crippen LogP contribution in [-0.2, 0) is 15.7 Å². The van der Waals surface area contributed by atoms with Gasteiger partial charge in [-0.2, -0.15) is 13.2 Å². The van der Waals surface area contributed by atoms with Gasteiger partial charge in [0, 0.05) is 5.41 Å². The number of rotatable bonds is 1. The summed E-state index contributed by atoms with van der Waals surface area (Å²) in [4.78, 5) is 14.1. The predicted molar refractivity (Wildman–Crippen MR) is 164 cm³/mol. The van der Waals surface area contributed by atoms with Gasteiger partial charge in [0.05, 0.1) is 18.3 Å². The zero-order valence-electron chi connectivity index (χ0n) is 27.3. The van der Waals surface area contributed by atoms with Crippen LogP contribution in [-0.4, -0.2) is 18.5 Å². The lowest BCUT2D eigenvalue weighted by Gasteiger charge is -2.73. The predicted octanol–water partition coefficient (Wildman–Crippen LogP) is 10.2. The third kappa shape index (κ3) is 3.84. The van der Waals surface area contributed by atoms with Gasteiger partial charge in [0.2, 0.25) is 0 Å². The minimum Gasteiger partial charge on any atom is -0.377 e. The fourth-order valence-electron chi connectivity index (χ4n) is 13.0. The van der Waals surface area contributed by atoms with Crippen LogP contribution < -0.4 is 0 Å². The van der Waals surface area contributed by atoms with E-state index in [1.807, 2.05) is 0 Å². The second-order valence-electron chi connectivity index (χ2n) is 17.8. The van der Waals surface area contributed by atoms with Crippen molar-refractivity contribution in [1.29, 1.82) is 0 Å². The molecule has 7 rings (SSSR count). The number of carbonyl (C=O) groups is 1. The van der Waals surface area contributed by atoms with E-state index in [0.29, 0.717) is 41.3 Å². The van der Waals surface area contributed by atoms with Gasteiger partial charge in [-0.25, -0.2) is 0 Å². The molecule has 1 saturated heterocycles. The van der Waals surface area contributed by atoms with Crippen molar-refractivity contribution in [1.82, 2.24) is 0 Å². The van der Waals surface area contributed by atoms with Gasteiger partial charge >= 0.3 is 6.18 Å². The van der Waals surface area contributed by atoms with Crippen LogP contribution in [0.25, 0.3) is 6.08 Å². The highest BCUT2D eigenvalue weighted by molar-refractivity contribution is 6.04. The van der Waals surface area contributed by atoms with Gasteiger partial charge in [0.15, 0.2) is 5.78 Å². The van der Waals surface area contributed by atoms with Gasteiger partial charge < -0.3 is 4.74 Å². The first-order chi connectivity index (χ1) is 19.9. The maximum absolute atomic E-state index is 14.1. The average molecular weight is 597 g/mol. The van der Waals surface area contributed by atoms with Crippen LogP contribution in [0.15, 0.2) is 29.8 Å². The maximum atomic E-state index is 14.1. The van der Waals surface area contributed by atoms with E-state index < -0.39 is 17.2 Å². The Morgan fingerprint density at radius 2 is 1.53 bits per heavy atom. The number of hydrogen-bond donors (Lipinski definition) is 0. The van der Waals surface area contributed by atoms with Crippen molar-refractivity contribution in [3.05, 3.63) is 41.0 Å². The molecule has 1 aliphatic heterocycles. The molecule has 1 aromatic carbocycles. The molecule has 9 atom stereocenters. The third-order valence-corrected chi connectivity index (χ3v) is 15.3. The smallest absolute Gasteiger partial charge is 0.377 e. The molecule has 43 heavy (non-hydrogen) atoms. The zero-order valence-corrected chi connectivity index (χ0v) is 27.3. The first-order valence-corrected chi connectivity index (χ1v) is 16.9. The molecule has 0 spiro atoms. The van der Waals surface area contributed by atoms with Crippen LogP contribution in [0.4, 0.5) is 13.2 Å². The summed E-state index contributed by atoms with van der Waals surface area (Å²) in [5.41, 5.74) is 0.143. The summed E-state index contributed by atoms with van der Waals surface area (Å²) in [6.07, 6.45) is 7.56. The molecule has 0 unspecified atom stereocenters. The summed E-state index contributed by atoms with van der Waals surface area (Å²) in [5.74, 6) is 1.95. The zero-order chi connectivity index (χ0) is 31.0. The van der Waals surface area contributed by atoms with E-state index in [-0.39, 0.29) is 38.9 Å². The van der Waals surface area contributed by atoms with E-state index in [1.165, 1.54) is 44.2 Å². The summed E-state index contributed by atoms with van der Waals surface area (Å²) in [7, 11) is 0. The molecule has 0 aromatic heterocycles. The van der Waals surface area contributed by atoms with Crippen LogP contribution in [0.2, 0.25) is 0 Å². The first kappa shape index (κ1) is 30.1. The lowest BCUT2D eigenvalue weighted by molar-refractivity contribution is -0.236. The molecule has 2 nitrogen and oxygen atoms in total. The van der Waals surface area contributed by atoms with E-state index in [1.54, 1.807) is 12.1 Å². The molecule has 5 aliphatic carbocycles. The van der Waals surface area contributed by atoms with Gasteiger partial charge in [0.25, 0.3) is 0 Å². The topological polar surface area (TPSA) is 26.3 Å². The molecule has 6 aliphatic rings. The standard InChI is InChI=1S/C38H51F3O2/c1-32(2)16-18-37-19-17-35(6)26(29(37)31(32)43-22-37)12-13-28-34(5)21-24(20-23-10-8-9-11-25(23)38(39,40)41)30(42)33(3,4)27(34)14-15-36(28,35)7/h8-11,20,26-29,31H,12-19,21-22H2,1-7H3/b24-20+/t26-,27-,28-,29-,31-,34+,35-,36-,37-/m1/s1. The number of fused-ring (bicyclic) bond motifs is 5. The number of benzene rings is 1. The van der Waals surface area contributed by atoms with Gasteiger partial charge in [-0.15, -0.1) is 0 Å². The quantitative estimate of drug-likeness (QED) is 0.302. The van der Waals surface area contributed by atoms with Crippen LogP contribution in [0.5, 0.6) is 0 Å². The average Bonchev–Trinajstić information content (AvgIpc) is 3.25. The number of carbonyl (C=O) groups excluding carboxylic acids is 1. The van der Waals surface area contributed by atoms with Crippen LogP contribution in [0.3, 0.4) is 0 Å². The fourth-order valence-corrected chi connectivity index (χ4v) is 13.0. The molecule has 1 aromatic rings. The van der Waals surface area contributed by atoms with Crippen LogP contribution >= 0.6 is 0 Å². The Balaban J connectivity index is 1.29. The van der Waals surface area contributed by atoms with E-state index >= 15 is 0 Å². The lowest BCUT2D eigenvalue weighted by atomic mass is 9.31. The van der Waals surface area contributed by atoms with E-state index in [0.717, 1.165) is 31.9 Å². The number of ether oxygens (including phenoxy) is 1. The first-order valence-electron chi connectivity index (χ1n) is 16.9. The number of Topliss-reactive ketones (excluding diaryl/α,β-unsaturated/α-hetero) is 1. The van der Waals surface area contributed by atoms with Crippen LogP contribution in [0.1, 0.15) is 117 Å². The second kappa shape index (κ2) is 9.01. The number of hydrogen-bond acceptors (Lipinski definition) is 2. The maximum Gasteiger partial charge on any atom is 0.416 e. The van der Waals surface area contributed by atoms with Crippen molar-refractivity contribution in [2.75, 3.05) is 6.61 Å². The minimum absolute atomic E-state index is 0.0354. The van der Waals surface area contributed by atoms with E-state index in [2.05, 4.69) is 48.5 Å². The molecular weight excluding hydrogens is 545 g/mol. The van der Waals surface area contributed by atoms with Crippen molar-refractivity contribution in [3.63, 3.8) is 0 Å². The Bertz CT molecular complexity index is 1370. The molecule has 5 saturated carbocycles. The van der Waals surface area contributed by atoms with Crippen molar-refractivity contribution in [2.24, 2.45) is 56.2 Å². The van der Waals surface area contributed by atoms with Crippen molar-refractivity contribution < 1.29 is 22.7 Å². The number of allylic oxidation sites excluding steroid dienone is 1. The third-order valence-electron chi connectivity index (χ3n) is 15.3. The normalized spacial score (nSPS) is 47.3.